The Bertz CT molecular complexity index is 1070. The number of anilines is 2. The van der Waals surface area contributed by atoms with E-state index in [0.717, 1.165) is 45.8 Å². The first-order valence-corrected chi connectivity index (χ1v) is 11.4. The molecule has 0 bridgehead atoms. The van der Waals surface area contributed by atoms with E-state index in [1.54, 1.807) is 0 Å². The van der Waals surface area contributed by atoms with Gasteiger partial charge in [-0.3, -0.25) is 9.59 Å². The summed E-state index contributed by atoms with van der Waals surface area (Å²) in [6.45, 7) is 4.00. The number of nitrogens with one attached hydrogen (secondary N) is 2. The predicted octanol–water partition coefficient (Wildman–Crippen LogP) is 6.12. The van der Waals surface area contributed by atoms with Crippen molar-refractivity contribution < 1.29 is 9.59 Å². The van der Waals surface area contributed by atoms with Gasteiger partial charge in [0.25, 0.3) is 0 Å². The maximum atomic E-state index is 13.4. The van der Waals surface area contributed by atoms with Crippen LogP contribution >= 0.6 is 11.8 Å². The Labute approximate surface area is 187 Å². The fourth-order valence-electron chi connectivity index (χ4n) is 3.47. The minimum Gasteiger partial charge on any atom is -0.326 e. The second kappa shape index (κ2) is 9.40. The highest BCUT2D eigenvalue weighted by atomic mass is 32.2. The first-order valence-electron chi connectivity index (χ1n) is 10.5. The Morgan fingerprint density at radius 1 is 0.871 bits per heavy atom. The molecule has 1 saturated carbocycles. The van der Waals surface area contributed by atoms with Crippen LogP contribution in [0.1, 0.15) is 34.8 Å². The van der Waals surface area contributed by atoms with E-state index in [-0.39, 0.29) is 17.7 Å². The maximum Gasteiger partial charge on any atom is 0.242 e. The average Bonchev–Trinajstić information content (AvgIpc) is 3.61. The van der Waals surface area contributed by atoms with E-state index in [1.807, 2.05) is 86.6 Å². The monoisotopic (exact) mass is 430 g/mol. The quantitative estimate of drug-likeness (QED) is 0.444. The van der Waals surface area contributed by atoms with E-state index in [2.05, 4.69) is 10.6 Å². The van der Waals surface area contributed by atoms with Crippen molar-refractivity contribution in [3.05, 3.63) is 89.5 Å². The van der Waals surface area contributed by atoms with Crippen LogP contribution in [0.4, 0.5) is 11.4 Å². The van der Waals surface area contributed by atoms with Gasteiger partial charge in [0.2, 0.25) is 11.8 Å². The molecule has 3 aromatic rings. The average molecular weight is 431 g/mol. The summed E-state index contributed by atoms with van der Waals surface area (Å²) in [5, 5.41) is 5.70. The molecule has 31 heavy (non-hydrogen) atoms. The van der Waals surface area contributed by atoms with Crippen molar-refractivity contribution in [1.29, 1.82) is 0 Å². The van der Waals surface area contributed by atoms with Gasteiger partial charge in [-0.2, -0.15) is 0 Å². The van der Waals surface area contributed by atoms with Crippen molar-refractivity contribution in [3.8, 4) is 0 Å². The normalized spacial score (nSPS) is 14.0. The van der Waals surface area contributed by atoms with Crippen molar-refractivity contribution in [2.75, 3.05) is 10.6 Å². The summed E-state index contributed by atoms with van der Waals surface area (Å²) < 4.78 is 0. The number of rotatable bonds is 7. The molecule has 158 valence electrons. The molecule has 1 aliphatic rings. The second-order valence-corrected chi connectivity index (χ2v) is 9.13. The van der Waals surface area contributed by atoms with Crippen LogP contribution in [0.3, 0.4) is 0 Å². The Hall–Kier alpha value is -3.05. The molecule has 0 aliphatic heterocycles. The van der Waals surface area contributed by atoms with Crippen molar-refractivity contribution >= 4 is 35.0 Å². The lowest BCUT2D eigenvalue weighted by Gasteiger charge is -2.19. The number of carbonyl (C=O) groups is 2. The van der Waals surface area contributed by atoms with E-state index >= 15 is 0 Å². The molecule has 3 aromatic carbocycles. The highest BCUT2D eigenvalue weighted by Crippen LogP contribution is 2.38. The predicted molar refractivity (Wildman–Crippen MR) is 127 cm³/mol. The Morgan fingerprint density at radius 3 is 2.23 bits per heavy atom. The van der Waals surface area contributed by atoms with E-state index in [9.17, 15) is 9.59 Å². The topological polar surface area (TPSA) is 58.2 Å². The molecule has 2 N–H and O–H groups in total. The van der Waals surface area contributed by atoms with E-state index in [1.165, 1.54) is 11.8 Å². The molecule has 1 unspecified atom stereocenters. The molecule has 2 amide bonds. The molecule has 4 rings (SSSR count). The van der Waals surface area contributed by atoms with Crippen LogP contribution in [0.15, 0.2) is 77.7 Å². The van der Waals surface area contributed by atoms with Gasteiger partial charge < -0.3 is 10.6 Å². The third kappa shape index (κ3) is 5.36. The number of benzene rings is 3. The molecular formula is C26H26N2O2S. The number of thioether (sulfide) groups is 1. The lowest BCUT2D eigenvalue weighted by atomic mass is 10.1. The van der Waals surface area contributed by atoms with Gasteiger partial charge in [0.15, 0.2) is 0 Å². The summed E-state index contributed by atoms with van der Waals surface area (Å²) in [6, 6.07) is 23.5. The van der Waals surface area contributed by atoms with Gasteiger partial charge in [-0.1, -0.05) is 54.6 Å². The molecule has 0 radical (unpaired) electrons. The van der Waals surface area contributed by atoms with Crippen LogP contribution in [0, 0.1) is 19.8 Å². The lowest BCUT2D eigenvalue weighted by molar-refractivity contribution is -0.117. The van der Waals surface area contributed by atoms with E-state index < -0.39 is 5.25 Å². The minimum atomic E-state index is -0.422. The highest BCUT2D eigenvalue weighted by molar-refractivity contribution is 8.00. The van der Waals surface area contributed by atoms with E-state index in [4.69, 9.17) is 0 Å². The number of amides is 2. The standard InChI is InChI=1S/C26H26N2O2S/c1-17-8-6-9-18(2)23(17)28-26(30)24(19-10-4-3-5-11-19)31-22-13-7-12-21(16-22)27-25(29)20-14-15-20/h3-13,16,20,24H,14-15H2,1-2H3,(H,27,29)(H,28,30). The highest BCUT2D eigenvalue weighted by Gasteiger charge is 2.29. The van der Waals surface area contributed by atoms with Crippen molar-refractivity contribution in [3.63, 3.8) is 0 Å². The van der Waals surface area contributed by atoms with Gasteiger partial charge >= 0.3 is 0 Å². The first-order chi connectivity index (χ1) is 15.0. The molecular weight excluding hydrogens is 404 g/mol. The number of carbonyl (C=O) groups excluding carboxylic acids is 2. The van der Waals surface area contributed by atoms with Crippen molar-refractivity contribution in [1.82, 2.24) is 0 Å². The molecule has 1 aliphatic carbocycles. The fraction of sp³-hybridized carbons (Fsp3) is 0.231. The molecule has 4 nitrogen and oxygen atoms in total. The van der Waals surface area contributed by atoms with Gasteiger partial charge in [0.1, 0.15) is 5.25 Å². The SMILES string of the molecule is Cc1cccc(C)c1NC(=O)C(Sc1cccc(NC(=O)C2CC2)c1)c1ccccc1. The van der Waals surface area contributed by atoms with Crippen LogP contribution in [-0.4, -0.2) is 11.8 Å². The van der Waals surface area contributed by atoms with Crippen LogP contribution in [0.2, 0.25) is 0 Å². The van der Waals surface area contributed by atoms with Gasteiger partial charge in [0.05, 0.1) is 0 Å². The largest absolute Gasteiger partial charge is 0.326 e. The van der Waals surface area contributed by atoms with Crippen LogP contribution < -0.4 is 10.6 Å². The van der Waals surface area contributed by atoms with Gasteiger partial charge in [0, 0.05) is 22.2 Å². The third-order valence-electron chi connectivity index (χ3n) is 5.37. The van der Waals surface area contributed by atoms with Gasteiger partial charge in [-0.05, 0) is 61.6 Å². The van der Waals surface area contributed by atoms with Crippen LogP contribution in [0.5, 0.6) is 0 Å². The molecule has 0 spiro atoms. The van der Waals surface area contributed by atoms with Gasteiger partial charge in [-0.15, -0.1) is 11.8 Å². The van der Waals surface area contributed by atoms with Gasteiger partial charge in [-0.25, -0.2) is 0 Å². The lowest BCUT2D eigenvalue weighted by Crippen LogP contribution is -2.20. The number of para-hydroxylation sites is 1. The molecule has 5 heteroatoms. The smallest absolute Gasteiger partial charge is 0.242 e. The number of hydrogen-bond acceptors (Lipinski definition) is 3. The summed E-state index contributed by atoms with van der Waals surface area (Å²) in [5.41, 5.74) is 4.64. The fourth-order valence-corrected chi connectivity index (χ4v) is 4.56. The zero-order valence-corrected chi connectivity index (χ0v) is 18.5. The Kier molecular flexibility index (Phi) is 6.42. The molecule has 0 heterocycles. The zero-order valence-electron chi connectivity index (χ0n) is 17.7. The summed E-state index contributed by atoms with van der Waals surface area (Å²) >= 11 is 1.48. The second-order valence-electron chi connectivity index (χ2n) is 7.96. The molecule has 1 fully saturated rings. The Morgan fingerprint density at radius 2 is 1.55 bits per heavy atom. The Balaban J connectivity index is 1.57. The molecule has 0 aromatic heterocycles. The number of hydrogen-bond donors (Lipinski definition) is 2. The summed E-state index contributed by atoms with van der Waals surface area (Å²) in [7, 11) is 0. The molecule has 0 saturated heterocycles. The molecule has 1 atom stereocenters. The van der Waals surface area contributed by atoms with Crippen LogP contribution in [0.25, 0.3) is 0 Å². The first kappa shape index (κ1) is 21.2. The maximum absolute atomic E-state index is 13.4. The summed E-state index contributed by atoms with van der Waals surface area (Å²) in [6.07, 6.45) is 1.93. The van der Waals surface area contributed by atoms with Crippen molar-refractivity contribution in [2.24, 2.45) is 5.92 Å². The van der Waals surface area contributed by atoms with Crippen LogP contribution in [-0.2, 0) is 9.59 Å². The van der Waals surface area contributed by atoms with Crippen molar-refractivity contribution in [2.45, 2.75) is 36.8 Å². The zero-order chi connectivity index (χ0) is 21.8. The minimum absolute atomic E-state index is 0.0685. The summed E-state index contributed by atoms with van der Waals surface area (Å²) in [5.74, 6) is 0.159. The summed E-state index contributed by atoms with van der Waals surface area (Å²) in [4.78, 5) is 26.4. The number of aryl methyl sites for hydroxylation is 2. The van der Waals surface area contributed by atoms with E-state index in [0.29, 0.717) is 0 Å². The third-order valence-corrected chi connectivity index (χ3v) is 6.62.